The van der Waals surface area contributed by atoms with Gasteiger partial charge in [0.15, 0.2) is 0 Å². The van der Waals surface area contributed by atoms with E-state index in [1.807, 2.05) is 26.1 Å². The van der Waals surface area contributed by atoms with Gasteiger partial charge in [-0.1, -0.05) is 19.9 Å². The normalized spacial score (nSPS) is 23.8. The summed E-state index contributed by atoms with van der Waals surface area (Å²) < 4.78 is 0. The van der Waals surface area contributed by atoms with Gasteiger partial charge in [-0.3, -0.25) is 0 Å². The Morgan fingerprint density at radius 1 is 1.33 bits per heavy atom. The molecular formula is C10H14N2. The molecule has 0 bridgehead atoms. The first-order valence-corrected chi connectivity index (χ1v) is 4.33. The van der Waals surface area contributed by atoms with E-state index in [9.17, 15) is 0 Å². The molecule has 2 aliphatic heterocycles. The van der Waals surface area contributed by atoms with Gasteiger partial charge in [-0.05, 0) is 18.6 Å². The van der Waals surface area contributed by atoms with Crippen LogP contribution in [0.4, 0.5) is 0 Å². The van der Waals surface area contributed by atoms with Gasteiger partial charge >= 0.3 is 0 Å². The lowest BCUT2D eigenvalue weighted by atomic mass is 10.0. The Labute approximate surface area is 73.4 Å². The van der Waals surface area contributed by atoms with Gasteiger partial charge in [0.1, 0.15) is 5.84 Å². The van der Waals surface area contributed by atoms with E-state index in [-0.39, 0.29) is 0 Å². The summed E-state index contributed by atoms with van der Waals surface area (Å²) in [5, 5.41) is 0. The molecule has 2 nitrogen and oxygen atoms in total. The molecule has 0 radical (unpaired) electrons. The monoisotopic (exact) mass is 162 g/mol. The topological polar surface area (TPSA) is 24.7 Å². The van der Waals surface area contributed by atoms with Crippen molar-refractivity contribution in [3.05, 3.63) is 23.9 Å². The van der Waals surface area contributed by atoms with E-state index in [1.165, 1.54) is 5.57 Å². The van der Waals surface area contributed by atoms with Crippen molar-refractivity contribution in [2.24, 2.45) is 15.9 Å². The molecule has 2 rings (SSSR count). The zero-order chi connectivity index (χ0) is 8.97. The molecule has 0 aromatic carbocycles. The molecule has 0 saturated carbocycles. The van der Waals surface area contributed by atoms with Crippen LogP contribution >= 0.6 is 0 Å². The first kappa shape index (κ1) is 8.91. The Hall–Kier alpha value is -1.18. The summed E-state index contributed by atoms with van der Waals surface area (Å²) in [6, 6.07) is 0. The maximum Gasteiger partial charge on any atom is 0.139 e. The fourth-order valence-electron chi connectivity index (χ4n) is 1.16. The van der Waals surface area contributed by atoms with Crippen molar-refractivity contribution in [1.82, 2.24) is 0 Å². The van der Waals surface area contributed by atoms with Crippen LogP contribution in [0.3, 0.4) is 0 Å². The molecule has 2 aliphatic rings. The molecule has 12 heavy (non-hydrogen) atoms. The van der Waals surface area contributed by atoms with Gasteiger partial charge in [0.25, 0.3) is 0 Å². The minimum Gasteiger partial charge on any atom is -0.240 e. The summed E-state index contributed by atoms with van der Waals surface area (Å²) in [4.78, 5) is 8.27. The Morgan fingerprint density at radius 3 is 2.75 bits per heavy atom. The lowest BCUT2D eigenvalue weighted by Crippen LogP contribution is -2.09. The Kier molecular flexibility index (Phi) is 2.97. The maximum atomic E-state index is 4.14. The van der Waals surface area contributed by atoms with Crippen LogP contribution in [0, 0.1) is 5.92 Å². The third-order valence-corrected chi connectivity index (χ3v) is 1.77. The molecule has 2 heterocycles. The van der Waals surface area contributed by atoms with Crippen molar-refractivity contribution >= 4 is 12.1 Å². The molecule has 0 amide bonds. The number of aliphatic imine (C=N–C) groups is 2. The molecule has 0 aromatic rings. The third-order valence-electron chi connectivity index (χ3n) is 1.77. The number of hydrogen-bond acceptors (Lipinski definition) is 2. The molecular weight excluding hydrogens is 148 g/mol. The highest BCUT2D eigenvalue weighted by Crippen LogP contribution is 2.22. The van der Waals surface area contributed by atoms with E-state index >= 15 is 0 Å². The maximum absolute atomic E-state index is 4.14. The Bertz CT molecular complexity index is 270. The molecule has 0 N–H and O–H groups in total. The standard InChI is InChI=1S/C8H8N2.C2H6/c1-6-5-10-8-7(6)3-2-4-9-8;1-2/h2-5,7H,1H3;1-2H3. The van der Waals surface area contributed by atoms with Gasteiger partial charge in [0.2, 0.25) is 0 Å². The van der Waals surface area contributed by atoms with Gasteiger partial charge < -0.3 is 0 Å². The van der Waals surface area contributed by atoms with Crippen molar-refractivity contribution in [1.29, 1.82) is 0 Å². The number of amidine groups is 1. The van der Waals surface area contributed by atoms with E-state index in [0.717, 1.165) is 5.84 Å². The van der Waals surface area contributed by atoms with Crippen LogP contribution in [0.1, 0.15) is 20.8 Å². The molecule has 1 unspecified atom stereocenters. The Balaban J connectivity index is 0.000000336. The van der Waals surface area contributed by atoms with E-state index in [4.69, 9.17) is 0 Å². The molecule has 2 heteroatoms. The van der Waals surface area contributed by atoms with E-state index < -0.39 is 0 Å². The summed E-state index contributed by atoms with van der Waals surface area (Å²) in [6.07, 6.45) is 7.74. The van der Waals surface area contributed by atoms with E-state index in [0.29, 0.717) is 5.92 Å². The van der Waals surface area contributed by atoms with Crippen molar-refractivity contribution in [3.63, 3.8) is 0 Å². The second kappa shape index (κ2) is 4.00. The van der Waals surface area contributed by atoms with Crippen molar-refractivity contribution < 1.29 is 0 Å². The van der Waals surface area contributed by atoms with E-state index in [2.05, 4.69) is 23.0 Å². The van der Waals surface area contributed by atoms with Crippen LogP contribution < -0.4 is 0 Å². The largest absolute Gasteiger partial charge is 0.240 e. The first-order chi connectivity index (χ1) is 5.88. The number of hydrogen-bond donors (Lipinski definition) is 0. The molecule has 64 valence electrons. The predicted octanol–water partition coefficient (Wildman–Crippen LogP) is 2.59. The van der Waals surface area contributed by atoms with Crippen LogP contribution in [0.2, 0.25) is 0 Å². The summed E-state index contributed by atoms with van der Waals surface area (Å²) in [6.45, 7) is 6.08. The molecule has 0 aromatic heterocycles. The van der Waals surface area contributed by atoms with Gasteiger partial charge in [-0.25, -0.2) is 9.98 Å². The lowest BCUT2D eigenvalue weighted by Gasteiger charge is -2.08. The van der Waals surface area contributed by atoms with Crippen LogP contribution in [0.25, 0.3) is 0 Å². The number of dihydropyridines is 1. The van der Waals surface area contributed by atoms with Crippen molar-refractivity contribution in [2.75, 3.05) is 0 Å². The van der Waals surface area contributed by atoms with Crippen LogP contribution in [0.15, 0.2) is 33.9 Å². The van der Waals surface area contributed by atoms with Gasteiger partial charge in [0, 0.05) is 12.4 Å². The lowest BCUT2D eigenvalue weighted by molar-refractivity contribution is 1.03. The highest BCUT2D eigenvalue weighted by atomic mass is 14.9. The van der Waals surface area contributed by atoms with Crippen LogP contribution in [-0.4, -0.2) is 12.1 Å². The SMILES string of the molecule is CC.CC1=CN=C2N=CC=CC12. The van der Waals surface area contributed by atoms with Crippen molar-refractivity contribution in [2.45, 2.75) is 20.8 Å². The molecule has 0 saturated heterocycles. The van der Waals surface area contributed by atoms with Gasteiger partial charge in [0.05, 0.1) is 5.92 Å². The fourth-order valence-corrected chi connectivity index (χ4v) is 1.16. The third kappa shape index (κ3) is 1.52. The molecule has 0 aliphatic carbocycles. The van der Waals surface area contributed by atoms with Gasteiger partial charge in [-0.15, -0.1) is 0 Å². The fraction of sp³-hybridized carbons (Fsp3) is 0.400. The molecule has 0 spiro atoms. The minimum atomic E-state index is 0.366. The summed E-state index contributed by atoms with van der Waals surface area (Å²) in [5.41, 5.74) is 1.28. The second-order valence-electron chi connectivity index (χ2n) is 2.50. The van der Waals surface area contributed by atoms with Crippen molar-refractivity contribution in [3.8, 4) is 0 Å². The zero-order valence-corrected chi connectivity index (χ0v) is 7.78. The van der Waals surface area contributed by atoms with Gasteiger partial charge in [-0.2, -0.15) is 0 Å². The average molecular weight is 162 g/mol. The number of rotatable bonds is 0. The molecule has 0 fully saturated rings. The predicted molar refractivity (Wildman–Crippen MR) is 53.7 cm³/mol. The van der Waals surface area contributed by atoms with Crippen LogP contribution in [0.5, 0.6) is 0 Å². The average Bonchev–Trinajstić information content (AvgIpc) is 2.53. The quantitative estimate of drug-likeness (QED) is 0.523. The number of fused-ring (bicyclic) bond motifs is 1. The summed E-state index contributed by atoms with van der Waals surface area (Å²) >= 11 is 0. The summed E-state index contributed by atoms with van der Waals surface area (Å²) in [7, 11) is 0. The number of allylic oxidation sites excluding steroid dienone is 1. The van der Waals surface area contributed by atoms with Crippen LogP contribution in [-0.2, 0) is 0 Å². The summed E-state index contributed by atoms with van der Waals surface area (Å²) in [5.74, 6) is 1.30. The Morgan fingerprint density at radius 2 is 2.08 bits per heavy atom. The first-order valence-electron chi connectivity index (χ1n) is 4.33. The molecule has 1 atom stereocenters. The minimum absolute atomic E-state index is 0.366. The smallest absolute Gasteiger partial charge is 0.139 e. The highest BCUT2D eigenvalue weighted by molar-refractivity contribution is 6.00. The number of nitrogens with zero attached hydrogens (tertiary/aromatic N) is 2. The highest BCUT2D eigenvalue weighted by Gasteiger charge is 2.19. The second-order valence-corrected chi connectivity index (χ2v) is 2.50. The zero-order valence-electron chi connectivity index (χ0n) is 7.78. The van der Waals surface area contributed by atoms with E-state index in [1.54, 1.807) is 6.21 Å².